The first-order valence-electron chi connectivity index (χ1n) is 9.14. The second-order valence-electron chi connectivity index (χ2n) is 6.90. The lowest BCUT2D eigenvalue weighted by Crippen LogP contribution is -2.50. The molecule has 3 atom stereocenters. The predicted molar refractivity (Wildman–Crippen MR) is 97.5 cm³/mol. The van der Waals surface area contributed by atoms with Crippen LogP contribution in [0.25, 0.3) is 0 Å². The predicted octanol–water partition coefficient (Wildman–Crippen LogP) is 2.74. The maximum atomic E-state index is 6.13. The third-order valence-electron chi connectivity index (χ3n) is 5.22. The molecule has 1 aliphatic rings. The van der Waals surface area contributed by atoms with Crippen LogP contribution in [-0.2, 0) is 11.8 Å². The molecule has 0 saturated carbocycles. The summed E-state index contributed by atoms with van der Waals surface area (Å²) in [5, 5.41) is 3.58. The Kier molecular flexibility index (Phi) is 5.61. The number of morpholine rings is 1. The van der Waals surface area contributed by atoms with Gasteiger partial charge in [-0.25, -0.2) is 4.98 Å². The van der Waals surface area contributed by atoms with Gasteiger partial charge < -0.3 is 19.0 Å². The Balaban J connectivity index is 1.71. The van der Waals surface area contributed by atoms with E-state index >= 15 is 0 Å². The van der Waals surface area contributed by atoms with E-state index in [1.807, 2.05) is 26.4 Å². The lowest BCUT2D eigenvalue weighted by Gasteiger charge is -2.40. The first kappa shape index (κ1) is 18.2. The number of aryl methyl sites for hydroxylation is 3. The Labute approximate surface area is 150 Å². The van der Waals surface area contributed by atoms with Crippen molar-refractivity contribution in [3.05, 3.63) is 41.4 Å². The fourth-order valence-corrected chi connectivity index (χ4v) is 3.51. The van der Waals surface area contributed by atoms with Crippen LogP contribution in [0.15, 0.2) is 22.9 Å². The molecule has 1 aliphatic heterocycles. The second kappa shape index (κ2) is 7.72. The van der Waals surface area contributed by atoms with E-state index < -0.39 is 0 Å². The van der Waals surface area contributed by atoms with E-state index in [4.69, 9.17) is 9.15 Å². The molecule has 0 amide bonds. The zero-order valence-corrected chi connectivity index (χ0v) is 16.0. The fraction of sp³-hybridized carbons (Fsp3) is 0.632. The number of furan rings is 1. The fourth-order valence-electron chi connectivity index (χ4n) is 3.51. The van der Waals surface area contributed by atoms with Crippen LogP contribution in [0, 0.1) is 13.8 Å². The normalized spacial score (nSPS) is 23.1. The van der Waals surface area contributed by atoms with Crippen molar-refractivity contribution in [2.45, 2.75) is 45.9 Å². The number of ether oxygens (including phenoxy) is 1. The molecule has 25 heavy (non-hydrogen) atoms. The summed E-state index contributed by atoms with van der Waals surface area (Å²) in [4.78, 5) is 7.03. The molecule has 1 N–H and O–H groups in total. The van der Waals surface area contributed by atoms with E-state index in [-0.39, 0.29) is 18.2 Å². The molecule has 6 nitrogen and oxygen atoms in total. The van der Waals surface area contributed by atoms with E-state index in [1.165, 1.54) is 5.56 Å². The van der Waals surface area contributed by atoms with Crippen molar-refractivity contribution in [3.8, 4) is 0 Å². The number of nitrogens with one attached hydrogen (secondary N) is 1. The van der Waals surface area contributed by atoms with E-state index in [1.54, 1.807) is 0 Å². The molecule has 6 heteroatoms. The van der Waals surface area contributed by atoms with Gasteiger partial charge in [0.1, 0.15) is 17.3 Å². The smallest absolute Gasteiger partial charge is 0.128 e. The zero-order chi connectivity index (χ0) is 18.0. The van der Waals surface area contributed by atoms with Gasteiger partial charge in [0.25, 0.3) is 0 Å². The molecular weight excluding hydrogens is 316 g/mol. The van der Waals surface area contributed by atoms with E-state index in [0.717, 1.165) is 43.6 Å². The van der Waals surface area contributed by atoms with Crippen molar-refractivity contribution in [3.63, 3.8) is 0 Å². The molecule has 0 aliphatic carbocycles. The summed E-state index contributed by atoms with van der Waals surface area (Å²) in [5.41, 5.74) is 1.20. The Morgan fingerprint density at radius 1 is 1.40 bits per heavy atom. The number of imidazole rings is 1. The van der Waals surface area contributed by atoms with Crippen molar-refractivity contribution in [2.75, 3.05) is 26.2 Å². The van der Waals surface area contributed by atoms with Crippen LogP contribution >= 0.6 is 0 Å². The van der Waals surface area contributed by atoms with Crippen LogP contribution < -0.4 is 5.32 Å². The molecule has 1 unspecified atom stereocenters. The number of aromatic nitrogens is 2. The molecule has 2 aromatic heterocycles. The van der Waals surface area contributed by atoms with Crippen LogP contribution in [0.1, 0.15) is 48.8 Å². The maximum absolute atomic E-state index is 6.13. The molecule has 2 aromatic rings. The van der Waals surface area contributed by atoms with Gasteiger partial charge in [0.2, 0.25) is 0 Å². The molecule has 138 valence electrons. The quantitative estimate of drug-likeness (QED) is 0.872. The zero-order valence-electron chi connectivity index (χ0n) is 16.0. The highest BCUT2D eigenvalue weighted by Crippen LogP contribution is 2.28. The highest BCUT2D eigenvalue weighted by molar-refractivity contribution is 5.20. The number of nitrogens with zero attached hydrogens (tertiary/aromatic N) is 3. The van der Waals surface area contributed by atoms with Gasteiger partial charge in [-0.15, -0.1) is 0 Å². The molecule has 1 saturated heterocycles. The summed E-state index contributed by atoms with van der Waals surface area (Å²) in [5.74, 6) is 3.03. The summed E-state index contributed by atoms with van der Waals surface area (Å²) in [6, 6.07) is 2.43. The highest BCUT2D eigenvalue weighted by atomic mass is 16.5. The average molecular weight is 346 g/mol. The Hall–Kier alpha value is -1.63. The van der Waals surface area contributed by atoms with Crippen LogP contribution in [0.4, 0.5) is 0 Å². The lowest BCUT2D eigenvalue weighted by atomic mass is 10.1. The standard InChI is InChI=1S/C19H30N4O2/c1-6-23-9-10-24-17(18(23)19-20-7-8-22(19)5)12-21-14(3)16-11-13(2)15(4)25-16/h7-8,11,14,17-18,21H,6,9-10,12H2,1-5H3/t14?,17-,18+/m0/s1. The largest absolute Gasteiger partial charge is 0.464 e. The summed E-state index contributed by atoms with van der Waals surface area (Å²) >= 11 is 0. The summed E-state index contributed by atoms with van der Waals surface area (Å²) in [6.07, 6.45) is 3.92. The monoisotopic (exact) mass is 346 g/mol. The van der Waals surface area contributed by atoms with Crippen molar-refractivity contribution < 1.29 is 9.15 Å². The SMILES string of the molecule is CCN1CCO[C@@H](CNC(C)c2cc(C)c(C)o2)[C@@H]1c1nccn1C. The third-order valence-corrected chi connectivity index (χ3v) is 5.22. The maximum Gasteiger partial charge on any atom is 0.128 e. The van der Waals surface area contributed by atoms with E-state index in [0.29, 0.717) is 0 Å². The van der Waals surface area contributed by atoms with Crippen LogP contribution in [0.3, 0.4) is 0 Å². The minimum atomic E-state index is 0.0643. The summed E-state index contributed by atoms with van der Waals surface area (Å²) < 4.78 is 14.1. The Morgan fingerprint density at radius 2 is 2.20 bits per heavy atom. The van der Waals surface area contributed by atoms with Crippen molar-refractivity contribution in [1.29, 1.82) is 0 Å². The van der Waals surface area contributed by atoms with Crippen molar-refractivity contribution in [1.82, 2.24) is 19.8 Å². The molecule has 3 rings (SSSR count). The number of hydrogen-bond acceptors (Lipinski definition) is 5. The first-order chi connectivity index (χ1) is 12.0. The topological polar surface area (TPSA) is 55.5 Å². The average Bonchev–Trinajstić information content (AvgIpc) is 3.18. The minimum absolute atomic E-state index is 0.0643. The van der Waals surface area contributed by atoms with Crippen LogP contribution in [0.2, 0.25) is 0 Å². The van der Waals surface area contributed by atoms with Gasteiger partial charge in [-0.1, -0.05) is 6.92 Å². The van der Waals surface area contributed by atoms with Gasteiger partial charge in [0, 0.05) is 32.5 Å². The highest BCUT2D eigenvalue weighted by Gasteiger charge is 2.35. The molecule has 1 fully saturated rings. The van der Waals surface area contributed by atoms with Gasteiger partial charge in [-0.2, -0.15) is 0 Å². The Morgan fingerprint density at radius 3 is 2.80 bits per heavy atom. The summed E-state index contributed by atoms with van der Waals surface area (Å²) in [6.45, 7) is 11.9. The number of rotatable bonds is 6. The van der Waals surface area contributed by atoms with Gasteiger partial charge in [0.15, 0.2) is 0 Å². The Bertz CT molecular complexity index is 674. The van der Waals surface area contributed by atoms with Crippen LogP contribution in [0.5, 0.6) is 0 Å². The van der Waals surface area contributed by atoms with Crippen molar-refractivity contribution in [2.24, 2.45) is 7.05 Å². The lowest BCUT2D eigenvalue weighted by molar-refractivity contribution is -0.0738. The van der Waals surface area contributed by atoms with Crippen molar-refractivity contribution >= 4 is 0 Å². The number of hydrogen-bond donors (Lipinski definition) is 1. The van der Waals surface area contributed by atoms with E-state index in [2.05, 4.69) is 46.6 Å². The van der Waals surface area contributed by atoms with E-state index in [9.17, 15) is 0 Å². The molecule has 3 heterocycles. The first-order valence-corrected chi connectivity index (χ1v) is 9.14. The molecule has 0 aromatic carbocycles. The molecule has 0 bridgehead atoms. The third kappa shape index (κ3) is 3.81. The van der Waals surface area contributed by atoms with Crippen LogP contribution in [-0.4, -0.2) is 46.8 Å². The molecular formula is C19H30N4O2. The summed E-state index contributed by atoms with van der Waals surface area (Å²) in [7, 11) is 2.05. The molecule has 0 radical (unpaired) electrons. The van der Waals surface area contributed by atoms with Gasteiger partial charge in [-0.05, 0) is 38.9 Å². The van der Waals surface area contributed by atoms with Gasteiger partial charge in [-0.3, -0.25) is 4.90 Å². The minimum Gasteiger partial charge on any atom is -0.464 e. The number of likely N-dealkylation sites (N-methyl/N-ethyl adjacent to an activating group) is 1. The van der Waals surface area contributed by atoms with Gasteiger partial charge in [0.05, 0.1) is 24.8 Å². The van der Waals surface area contributed by atoms with Gasteiger partial charge >= 0.3 is 0 Å². The second-order valence-corrected chi connectivity index (χ2v) is 6.90. The molecule has 0 spiro atoms.